The Labute approximate surface area is 129 Å². The van der Waals surface area contributed by atoms with Gasteiger partial charge in [0.25, 0.3) is 5.91 Å². The third-order valence-electron chi connectivity index (χ3n) is 4.63. The molecule has 2 aliphatic rings. The average Bonchev–Trinajstić information content (AvgIpc) is 3.15. The van der Waals surface area contributed by atoms with Crippen LogP contribution in [0, 0.1) is 0 Å². The number of ketones is 1. The molecule has 2 atom stereocenters. The van der Waals surface area contributed by atoms with Crippen LogP contribution in [0.4, 0.5) is 0 Å². The summed E-state index contributed by atoms with van der Waals surface area (Å²) in [6, 6.07) is 1.59. The van der Waals surface area contributed by atoms with Gasteiger partial charge in [-0.05, 0) is 39.0 Å². The van der Waals surface area contributed by atoms with Crippen molar-refractivity contribution in [3.05, 3.63) is 18.0 Å². The summed E-state index contributed by atoms with van der Waals surface area (Å²) in [4.78, 5) is 25.3. The largest absolute Gasteiger partial charge is 0.370 e. The summed E-state index contributed by atoms with van der Waals surface area (Å²) in [5, 5.41) is 3.59. The summed E-state index contributed by atoms with van der Waals surface area (Å²) in [6.45, 7) is 2.94. The molecule has 22 heavy (non-hydrogen) atoms. The van der Waals surface area contributed by atoms with Gasteiger partial charge >= 0.3 is 0 Å². The first-order chi connectivity index (χ1) is 10.6. The molecule has 2 saturated heterocycles. The van der Waals surface area contributed by atoms with Crippen molar-refractivity contribution < 1.29 is 18.8 Å². The predicted molar refractivity (Wildman–Crippen MR) is 78.4 cm³/mol. The quantitative estimate of drug-likeness (QED) is 0.852. The van der Waals surface area contributed by atoms with Crippen molar-refractivity contribution >= 4 is 11.7 Å². The minimum absolute atomic E-state index is 0.118. The van der Waals surface area contributed by atoms with E-state index in [1.165, 1.54) is 6.20 Å². The number of carbonyl (C=O) groups is 2. The second-order valence-corrected chi connectivity index (χ2v) is 6.41. The van der Waals surface area contributed by atoms with E-state index in [4.69, 9.17) is 9.26 Å². The van der Waals surface area contributed by atoms with Gasteiger partial charge < -0.3 is 19.0 Å². The van der Waals surface area contributed by atoms with Gasteiger partial charge in [0, 0.05) is 19.0 Å². The van der Waals surface area contributed by atoms with Crippen LogP contribution < -0.4 is 0 Å². The van der Waals surface area contributed by atoms with Gasteiger partial charge in [0.2, 0.25) is 5.76 Å². The van der Waals surface area contributed by atoms with Crippen LogP contribution in [0.15, 0.2) is 16.8 Å². The summed E-state index contributed by atoms with van der Waals surface area (Å²) < 4.78 is 11.2. The standard InChI is InChI=1S/C16H22N2O4/c1-12(19)3-4-13-5-8-16(21-13)7-2-10-18(11-16)15(20)14-6-9-17-22-14/h6,9,13H,2-5,7-8,10-11H2,1H3/t13-,16+/m1/s1. The fraction of sp³-hybridized carbons (Fsp3) is 0.688. The maximum atomic E-state index is 12.4. The molecule has 1 amide bonds. The fourth-order valence-corrected chi connectivity index (χ4v) is 3.52. The number of amides is 1. The number of hydrogen-bond acceptors (Lipinski definition) is 5. The molecule has 2 aliphatic heterocycles. The van der Waals surface area contributed by atoms with Crippen LogP contribution in [0.1, 0.15) is 56.0 Å². The Morgan fingerprint density at radius 3 is 3.05 bits per heavy atom. The Kier molecular flexibility index (Phi) is 4.29. The molecule has 3 heterocycles. The van der Waals surface area contributed by atoms with Gasteiger partial charge in [-0.1, -0.05) is 5.16 Å². The topological polar surface area (TPSA) is 72.6 Å². The molecular formula is C16H22N2O4. The van der Waals surface area contributed by atoms with Crippen LogP contribution in [0.5, 0.6) is 0 Å². The molecule has 2 fully saturated rings. The molecule has 1 aromatic rings. The predicted octanol–water partition coefficient (Wildman–Crippen LogP) is 2.20. The molecule has 3 rings (SSSR count). The zero-order chi connectivity index (χ0) is 15.6. The zero-order valence-corrected chi connectivity index (χ0v) is 12.9. The third-order valence-corrected chi connectivity index (χ3v) is 4.63. The molecule has 1 aromatic heterocycles. The lowest BCUT2D eigenvalue weighted by Crippen LogP contribution is -2.50. The van der Waals surface area contributed by atoms with E-state index in [0.29, 0.717) is 13.0 Å². The minimum atomic E-state index is -0.241. The molecule has 0 aromatic carbocycles. The van der Waals surface area contributed by atoms with E-state index in [0.717, 1.165) is 38.6 Å². The van der Waals surface area contributed by atoms with Crippen molar-refractivity contribution in [3.8, 4) is 0 Å². The van der Waals surface area contributed by atoms with E-state index in [9.17, 15) is 9.59 Å². The van der Waals surface area contributed by atoms with Gasteiger partial charge in [-0.2, -0.15) is 0 Å². The minimum Gasteiger partial charge on any atom is -0.370 e. The SMILES string of the molecule is CC(=O)CC[C@@H]1CC[C@]2(CCCN(C(=O)c3ccno3)C2)O1. The number of carbonyl (C=O) groups excluding carboxylic acids is 2. The van der Waals surface area contributed by atoms with Crippen LogP contribution in [0.3, 0.4) is 0 Å². The number of ether oxygens (including phenoxy) is 1. The molecule has 0 saturated carbocycles. The fourth-order valence-electron chi connectivity index (χ4n) is 3.52. The number of piperidine rings is 1. The molecule has 0 bridgehead atoms. The Hall–Kier alpha value is -1.69. The zero-order valence-electron chi connectivity index (χ0n) is 12.9. The monoisotopic (exact) mass is 306 g/mol. The summed E-state index contributed by atoms with van der Waals surface area (Å²) >= 11 is 0. The Morgan fingerprint density at radius 2 is 2.32 bits per heavy atom. The normalized spacial score (nSPS) is 28.2. The molecule has 0 N–H and O–H groups in total. The van der Waals surface area contributed by atoms with Crippen LogP contribution >= 0.6 is 0 Å². The van der Waals surface area contributed by atoms with E-state index < -0.39 is 0 Å². The highest BCUT2D eigenvalue weighted by Gasteiger charge is 2.44. The third kappa shape index (κ3) is 3.21. The highest BCUT2D eigenvalue weighted by molar-refractivity contribution is 5.91. The van der Waals surface area contributed by atoms with Crippen molar-refractivity contribution in [2.45, 2.75) is 57.2 Å². The maximum absolute atomic E-state index is 12.4. The van der Waals surface area contributed by atoms with Crippen molar-refractivity contribution in [1.82, 2.24) is 10.1 Å². The second-order valence-electron chi connectivity index (χ2n) is 6.41. The lowest BCUT2D eigenvalue weighted by atomic mass is 9.89. The van der Waals surface area contributed by atoms with Crippen LogP contribution in [0.25, 0.3) is 0 Å². The van der Waals surface area contributed by atoms with Gasteiger partial charge in [-0.3, -0.25) is 4.79 Å². The summed E-state index contributed by atoms with van der Waals surface area (Å²) in [7, 11) is 0. The van der Waals surface area contributed by atoms with E-state index in [1.54, 1.807) is 17.9 Å². The molecule has 0 radical (unpaired) electrons. The molecule has 1 spiro atoms. The van der Waals surface area contributed by atoms with Crippen molar-refractivity contribution in [3.63, 3.8) is 0 Å². The number of nitrogens with zero attached hydrogens (tertiary/aromatic N) is 2. The van der Waals surface area contributed by atoms with Gasteiger partial charge in [-0.15, -0.1) is 0 Å². The van der Waals surface area contributed by atoms with Crippen LogP contribution in [0.2, 0.25) is 0 Å². The molecule has 0 aliphatic carbocycles. The molecular weight excluding hydrogens is 284 g/mol. The summed E-state index contributed by atoms with van der Waals surface area (Å²) in [6.07, 6.45) is 6.81. The van der Waals surface area contributed by atoms with E-state index in [2.05, 4.69) is 5.16 Å². The Morgan fingerprint density at radius 1 is 1.45 bits per heavy atom. The van der Waals surface area contributed by atoms with Gasteiger partial charge in [0.1, 0.15) is 5.78 Å². The maximum Gasteiger partial charge on any atom is 0.292 e. The first kappa shape index (κ1) is 15.2. The Balaban J connectivity index is 1.61. The smallest absolute Gasteiger partial charge is 0.292 e. The van der Waals surface area contributed by atoms with E-state index in [1.807, 2.05) is 0 Å². The number of aromatic nitrogens is 1. The summed E-state index contributed by atoms with van der Waals surface area (Å²) in [5.74, 6) is 0.367. The highest BCUT2D eigenvalue weighted by Crippen LogP contribution is 2.39. The first-order valence-electron chi connectivity index (χ1n) is 7.95. The van der Waals surface area contributed by atoms with Gasteiger partial charge in [0.05, 0.1) is 24.4 Å². The number of likely N-dealkylation sites (tertiary alicyclic amines) is 1. The summed E-state index contributed by atoms with van der Waals surface area (Å²) in [5.41, 5.74) is -0.241. The number of rotatable bonds is 4. The number of Topliss-reactive ketones (excluding diaryl/α,β-unsaturated/α-hetero) is 1. The second kappa shape index (κ2) is 6.20. The molecule has 6 heteroatoms. The number of hydrogen-bond donors (Lipinski definition) is 0. The Bertz CT molecular complexity index is 542. The van der Waals surface area contributed by atoms with Crippen LogP contribution in [-0.4, -0.2) is 46.5 Å². The lowest BCUT2D eigenvalue weighted by molar-refractivity contribution is -0.118. The van der Waals surface area contributed by atoms with Crippen molar-refractivity contribution in [2.75, 3.05) is 13.1 Å². The molecule has 120 valence electrons. The van der Waals surface area contributed by atoms with E-state index >= 15 is 0 Å². The van der Waals surface area contributed by atoms with Crippen LogP contribution in [-0.2, 0) is 9.53 Å². The molecule has 0 unspecified atom stereocenters. The molecule has 6 nitrogen and oxygen atoms in total. The first-order valence-corrected chi connectivity index (χ1v) is 7.95. The van der Waals surface area contributed by atoms with Gasteiger partial charge in [0.15, 0.2) is 0 Å². The lowest BCUT2D eigenvalue weighted by Gasteiger charge is -2.39. The van der Waals surface area contributed by atoms with Crippen molar-refractivity contribution in [1.29, 1.82) is 0 Å². The van der Waals surface area contributed by atoms with Gasteiger partial charge in [-0.25, -0.2) is 0 Å². The average molecular weight is 306 g/mol. The van der Waals surface area contributed by atoms with E-state index in [-0.39, 0.29) is 29.2 Å². The highest BCUT2D eigenvalue weighted by atomic mass is 16.5. The van der Waals surface area contributed by atoms with Crippen molar-refractivity contribution in [2.24, 2.45) is 0 Å².